The molecule has 3 rings (SSSR count). The molecule has 1 aromatic carbocycles. The number of nitrogens with zero attached hydrogens (tertiary/aromatic N) is 2. The zero-order valence-corrected chi connectivity index (χ0v) is 8.40. The first-order valence-electron chi connectivity index (χ1n) is 5.34. The minimum Gasteiger partial charge on any atom is -0.327 e. The average molecular weight is 186 g/mol. The van der Waals surface area contributed by atoms with Crippen LogP contribution in [0.1, 0.15) is 31.4 Å². The normalized spacial score (nSPS) is 16.4. The first kappa shape index (κ1) is 8.04. The lowest BCUT2D eigenvalue weighted by molar-refractivity contribution is 0.762. The summed E-state index contributed by atoms with van der Waals surface area (Å²) in [5.74, 6) is 0. The lowest BCUT2D eigenvalue weighted by Gasteiger charge is -2.05. The van der Waals surface area contributed by atoms with Gasteiger partial charge in [0, 0.05) is 6.04 Å². The summed E-state index contributed by atoms with van der Waals surface area (Å²) in [6, 6.07) is 7.15. The number of aromatic nitrogens is 2. The van der Waals surface area contributed by atoms with Gasteiger partial charge in [-0.2, -0.15) is 0 Å². The smallest absolute Gasteiger partial charge is 0.0961 e. The van der Waals surface area contributed by atoms with Gasteiger partial charge in [-0.25, -0.2) is 4.98 Å². The topological polar surface area (TPSA) is 17.8 Å². The van der Waals surface area contributed by atoms with Gasteiger partial charge < -0.3 is 4.57 Å². The van der Waals surface area contributed by atoms with E-state index in [1.165, 1.54) is 23.9 Å². The number of hydrogen-bond donors (Lipinski definition) is 0. The summed E-state index contributed by atoms with van der Waals surface area (Å²) in [4.78, 5) is 4.45. The fourth-order valence-corrected chi connectivity index (χ4v) is 2.08. The monoisotopic (exact) mass is 186 g/mol. The van der Waals surface area contributed by atoms with Gasteiger partial charge in [-0.3, -0.25) is 0 Å². The van der Waals surface area contributed by atoms with Gasteiger partial charge in [0.1, 0.15) is 0 Å². The first-order chi connectivity index (χ1) is 6.90. The average Bonchev–Trinajstić information content (AvgIpc) is 2.97. The summed E-state index contributed by atoms with van der Waals surface area (Å²) < 4.78 is 2.36. The molecule has 1 fully saturated rings. The molecule has 0 spiro atoms. The van der Waals surface area contributed by atoms with Crippen LogP contribution in [-0.2, 0) is 6.42 Å². The molecule has 1 saturated carbocycles. The molecule has 0 radical (unpaired) electrons. The third kappa shape index (κ3) is 1.07. The van der Waals surface area contributed by atoms with Crippen molar-refractivity contribution in [3.05, 3.63) is 30.1 Å². The first-order valence-corrected chi connectivity index (χ1v) is 5.34. The Morgan fingerprint density at radius 2 is 2.29 bits per heavy atom. The van der Waals surface area contributed by atoms with Gasteiger partial charge in [-0.1, -0.05) is 19.1 Å². The lowest BCUT2D eigenvalue weighted by Crippen LogP contribution is -1.94. The van der Waals surface area contributed by atoms with Gasteiger partial charge in [0.2, 0.25) is 0 Å². The second-order valence-electron chi connectivity index (χ2n) is 4.02. The third-order valence-corrected chi connectivity index (χ3v) is 3.00. The zero-order valence-electron chi connectivity index (χ0n) is 8.40. The van der Waals surface area contributed by atoms with Gasteiger partial charge in [-0.15, -0.1) is 0 Å². The molecule has 0 unspecified atom stereocenters. The summed E-state index contributed by atoms with van der Waals surface area (Å²) >= 11 is 0. The maximum Gasteiger partial charge on any atom is 0.0961 e. The number of rotatable bonds is 2. The van der Waals surface area contributed by atoms with E-state index in [1.54, 1.807) is 0 Å². The van der Waals surface area contributed by atoms with Crippen LogP contribution in [0, 0.1) is 0 Å². The Balaban J connectivity index is 2.29. The predicted octanol–water partition coefficient (Wildman–Crippen LogP) is 2.93. The van der Waals surface area contributed by atoms with Gasteiger partial charge in [0.15, 0.2) is 0 Å². The molecular weight excluding hydrogens is 172 g/mol. The number of para-hydroxylation sites is 1. The van der Waals surface area contributed by atoms with Crippen LogP contribution < -0.4 is 0 Å². The lowest BCUT2D eigenvalue weighted by atomic mass is 10.1. The molecule has 0 atom stereocenters. The van der Waals surface area contributed by atoms with Crippen molar-refractivity contribution in [1.29, 1.82) is 0 Å². The van der Waals surface area contributed by atoms with Crippen molar-refractivity contribution in [1.82, 2.24) is 9.55 Å². The molecule has 0 aliphatic heterocycles. The minimum absolute atomic E-state index is 0.729. The molecule has 0 saturated heterocycles. The fourth-order valence-electron chi connectivity index (χ4n) is 2.08. The molecule has 0 amide bonds. The maximum atomic E-state index is 4.45. The van der Waals surface area contributed by atoms with Gasteiger partial charge in [0.05, 0.1) is 17.4 Å². The SMILES string of the molecule is CCc1cccc2ncn(C3CC3)c12. The quantitative estimate of drug-likeness (QED) is 0.705. The number of benzene rings is 1. The van der Waals surface area contributed by atoms with E-state index in [2.05, 4.69) is 34.7 Å². The van der Waals surface area contributed by atoms with E-state index < -0.39 is 0 Å². The summed E-state index contributed by atoms with van der Waals surface area (Å²) in [5, 5.41) is 0. The molecule has 2 aromatic rings. The van der Waals surface area contributed by atoms with Crippen molar-refractivity contribution >= 4 is 11.0 Å². The van der Waals surface area contributed by atoms with E-state index in [4.69, 9.17) is 0 Å². The second kappa shape index (κ2) is 2.84. The number of imidazole rings is 1. The highest BCUT2D eigenvalue weighted by molar-refractivity contribution is 5.79. The van der Waals surface area contributed by atoms with Gasteiger partial charge >= 0.3 is 0 Å². The van der Waals surface area contributed by atoms with E-state index in [9.17, 15) is 0 Å². The Kier molecular flexibility index (Phi) is 1.63. The number of fused-ring (bicyclic) bond motifs is 1. The van der Waals surface area contributed by atoms with E-state index in [1.807, 2.05) is 6.33 Å². The van der Waals surface area contributed by atoms with Crippen LogP contribution in [0.5, 0.6) is 0 Å². The number of hydrogen-bond acceptors (Lipinski definition) is 1. The van der Waals surface area contributed by atoms with E-state index >= 15 is 0 Å². The molecule has 1 aliphatic rings. The molecule has 1 aliphatic carbocycles. The summed E-state index contributed by atoms with van der Waals surface area (Å²) in [6.07, 6.45) is 5.74. The minimum atomic E-state index is 0.729. The van der Waals surface area contributed by atoms with Gasteiger partial charge in [-0.05, 0) is 30.9 Å². The van der Waals surface area contributed by atoms with Crippen LogP contribution in [0.4, 0.5) is 0 Å². The van der Waals surface area contributed by atoms with E-state index in [0.29, 0.717) is 0 Å². The molecule has 2 nitrogen and oxygen atoms in total. The molecule has 1 heterocycles. The van der Waals surface area contributed by atoms with Crippen molar-refractivity contribution in [3.8, 4) is 0 Å². The van der Waals surface area contributed by atoms with Gasteiger partial charge in [0.25, 0.3) is 0 Å². The molecule has 14 heavy (non-hydrogen) atoms. The predicted molar refractivity (Wildman–Crippen MR) is 57.4 cm³/mol. The molecule has 1 aromatic heterocycles. The van der Waals surface area contributed by atoms with Crippen molar-refractivity contribution in [2.75, 3.05) is 0 Å². The third-order valence-electron chi connectivity index (χ3n) is 3.00. The Morgan fingerprint density at radius 1 is 1.43 bits per heavy atom. The maximum absolute atomic E-state index is 4.45. The largest absolute Gasteiger partial charge is 0.327 e. The summed E-state index contributed by atoms with van der Waals surface area (Å²) in [5.41, 5.74) is 3.93. The zero-order chi connectivity index (χ0) is 9.54. The Morgan fingerprint density at radius 3 is 3.00 bits per heavy atom. The molecular formula is C12H14N2. The van der Waals surface area contributed by atoms with Crippen LogP contribution in [0.25, 0.3) is 11.0 Å². The van der Waals surface area contributed by atoms with Crippen LogP contribution in [0.15, 0.2) is 24.5 Å². The highest BCUT2D eigenvalue weighted by Gasteiger charge is 2.25. The molecule has 2 heteroatoms. The number of aryl methyl sites for hydroxylation is 1. The van der Waals surface area contributed by atoms with Crippen molar-refractivity contribution < 1.29 is 0 Å². The standard InChI is InChI=1S/C12H14N2/c1-2-9-4-3-5-11-12(9)14(8-13-11)10-6-7-10/h3-5,8,10H,2,6-7H2,1H3. The Bertz CT molecular complexity index is 466. The summed E-state index contributed by atoms with van der Waals surface area (Å²) in [7, 11) is 0. The molecule has 0 N–H and O–H groups in total. The highest BCUT2D eigenvalue weighted by Crippen LogP contribution is 2.37. The Hall–Kier alpha value is -1.31. The van der Waals surface area contributed by atoms with Crippen LogP contribution >= 0.6 is 0 Å². The molecule has 72 valence electrons. The van der Waals surface area contributed by atoms with Crippen molar-refractivity contribution in [2.45, 2.75) is 32.2 Å². The fraction of sp³-hybridized carbons (Fsp3) is 0.417. The van der Waals surface area contributed by atoms with Crippen molar-refractivity contribution in [2.24, 2.45) is 0 Å². The second-order valence-corrected chi connectivity index (χ2v) is 4.02. The van der Waals surface area contributed by atoms with E-state index in [0.717, 1.165) is 18.0 Å². The summed E-state index contributed by atoms with van der Waals surface area (Å²) in [6.45, 7) is 2.21. The van der Waals surface area contributed by atoms with Crippen molar-refractivity contribution in [3.63, 3.8) is 0 Å². The van der Waals surface area contributed by atoms with Crippen LogP contribution in [0.2, 0.25) is 0 Å². The van der Waals surface area contributed by atoms with Crippen LogP contribution in [0.3, 0.4) is 0 Å². The van der Waals surface area contributed by atoms with E-state index in [-0.39, 0.29) is 0 Å². The van der Waals surface area contributed by atoms with Crippen LogP contribution in [-0.4, -0.2) is 9.55 Å². The highest BCUT2D eigenvalue weighted by atomic mass is 15.1. The Labute approximate surface area is 83.6 Å². The molecule has 0 bridgehead atoms.